The molecule has 3 N–H and O–H groups in total. The number of hydrogen-bond acceptors (Lipinski definition) is 4. The van der Waals surface area contributed by atoms with Gasteiger partial charge in [-0.1, -0.05) is 40.6 Å². The fourth-order valence-electron chi connectivity index (χ4n) is 1.07. The van der Waals surface area contributed by atoms with Gasteiger partial charge in [-0.3, -0.25) is 0 Å². The molecule has 0 spiro atoms. The van der Waals surface area contributed by atoms with E-state index >= 15 is 0 Å². The maximum Gasteiger partial charge on any atom is 0.189 e. The summed E-state index contributed by atoms with van der Waals surface area (Å²) in [5.41, 5.74) is 6.21. The van der Waals surface area contributed by atoms with Gasteiger partial charge in [-0.2, -0.15) is 0 Å². The first-order valence-corrected chi connectivity index (χ1v) is 5.66. The first kappa shape index (κ1) is 10.5. The molecule has 6 heteroatoms. The number of nitrogens with two attached hydrogens (primary N) is 1. The van der Waals surface area contributed by atoms with Crippen LogP contribution in [-0.2, 0) is 0 Å². The number of hydrogen-bond donors (Lipinski definition) is 2. The second-order valence-electron chi connectivity index (χ2n) is 2.79. The van der Waals surface area contributed by atoms with Gasteiger partial charge in [-0.05, 0) is 12.1 Å². The van der Waals surface area contributed by atoms with Gasteiger partial charge < -0.3 is 11.1 Å². The predicted octanol–water partition coefficient (Wildman–Crippen LogP) is 3.78. The number of nitrogens with one attached hydrogen (secondary N) is 1. The molecule has 0 amide bonds. The van der Waals surface area contributed by atoms with E-state index in [1.165, 1.54) is 11.3 Å². The van der Waals surface area contributed by atoms with Crippen molar-refractivity contribution in [3.63, 3.8) is 0 Å². The first-order valence-electron chi connectivity index (χ1n) is 4.09. The van der Waals surface area contributed by atoms with Crippen molar-refractivity contribution >= 4 is 50.4 Å². The molecule has 1 aromatic carbocycles. The van der Waals surface area contributed by atoms with Crippen LogP contribution in [0.5, 0.6) is 0 Å². The molecule has 0 bridgehead atoms. The van der Waals surface area contributed by atoms with E-state index in [-0.39, 0.29) is 0 Å². The highest BCUT2D eigenvalue weighted by atomic mass is 35.5. The van der Waals surface area contributed by atoms with Crippen molar-refractivity contribution in [1.82, 2.24) is 4.98 Å². The van der Waals surface area contributed by atoms with Crippen LogP contribution in [0.25, 0.3) is 0 Å². The van der Waals surface area contributed by atoms with Gasteiger partial charge in [0, 0.05) is 0 Å². The average molecular weight is 260 g/mol. The molecule has 1 aromatic heterocycles. The summed E-state index contributed by atoms with van der Waals surface area (Å²) in [5, 5.41) is 5.44. The van der Waals surface area contributed by atoms with E-state index in [4.69, 9.17) is 28.9 Å². The minimum Gasteiger partial charge on any atom is -0.389 e. The summed E-state index contributed by atoms with van der Waals surface area (Å²) in [4.78, 5) is 4.06. The van der Waals surface area contributed by atoms with Gasteiger partial charge in [0.1, 0.15) is 5.00 Å². The fourth-order valence-corrected chi connectivity index (χ4v) is 2.15. The molecule has 3 nitrogen and oxygen atoms in total. The highest BCUT2D eigenvalue weighted by Gasteiger charge is 2.07. The second-order valence-corrected chi connectivity index (χ2v) is 4.67. The fraction of sp³-hybridized carbons (Fsp3) is 0. The largest absolute Gasteiger partial charge is 0.389 e. The molecule has 0 saturated carbocycles. The number of halogens is 2. The zero-order chi connectivity index (χ0) is 10.8. The summed E-state index contributed by atoms with van der Waals surface area (Å²) in [7, 11) is 0. The Morgan fingerprint density at radius 2 is 1.93 bits per heavy atom. The summed E-state index contributed by atoms with van der Waals surface area (Å²) < 4.78 is 0. The number of thiazole rings is 1. The normalized spacial score (nSPS) is 10.3. The van der Waals surface area contributed by atoms with Crippen LogP contribution in [-0.4, -0.2) is 4.98 Å². The van der Waals surface area contributed by atoms with Crippen LogP contribution in [0.3, 0.4) is 0 Å². The molecular weight excluding hydrogens is 253 g/mol. The molecule has 78 valence electrons. The third-order valence-electron chi connectivity index (χ3n) is 1.72. The van der Waals surface area contributed by atoms with Gasteiger partial charge in [0.05, 0.1) is 21.9 Å². The van der Waals surface area contributed by atoms with Gasteiger partial charge in [0.25, 0.3) is 0 Å². The molecule has 0 unspecified atom stereocenters. The number of nitrogens with zero attached hydrogens (tertiary/aromatic N) is 1. The summed E-state index contributed by atoms with van der Waals surface area (Å²) >= 11 is 13.3. The van der Waals surface area contributed by atoms with E-state index in [0.717, 1.165) is 0 Å². The van der Waals surface area contributed by atoms with Gasteiger partial charge >= 0.3 is 0 Å². The van der Waals surface area contributed by atoms with Crippen molar-refractivity contribution in [1.29, 1.82) is 0 Å². The second kappa shape index (κ2) is 4.26. The predicted molar refractivity (Wildman–Crippen MR) is 66.3 cm³/mol. The SMILES string of the molecule is Nc1cnc(Nc2c(Cl)cccc2Cl)s1. The molecule has 1 heterocycles. The Hall–Kier alpha value is -0.970. The zero-order valence-electron chi connectivity index (χ0n) is 7.50. The molecule has 2 aromatic rings. The zero-order valence-corrected chi connectivity index (χ0v) is 9.83. The van der Waals surface area contributed by atoms with Gasteiger partial charge in [-0.15, -0.1) is 0 Å². The molecule has 0 atom stereocenters. The summed E-state index contributed by atoms with van der Waals surface area (Å²) in [6.07, 6.45) is 1.58. The maximum absolute atomic E-state index is 5.98. The minimum absolute atomic E-state index is 0.552. The number of nitrogen functional groups attached to an aromatic ring is 1. The Kier molecular flexibility index (Phi) is 3.00. The lowest BCUT2D eigenvalue weighted by Gasteiger charge is -2.06. The molecule has 0 aliphatic heterocycles. The van der Waals surface area contributed by atoms with Crippen LogP contribution in [0.2, 0.25) is 10.0 Å². The van der Waals surface area contributed by atoms with Crippen LogP contribution >= 0.6 is 34.5 Å². The van der Waals surface area contributed by atoms with Gasteiger partial charge in [0.2, 0.25) is 0 Å². The Bertz CT molecular complexity index is 464. The topological polar surface area (TPSA) is 50.9 Å². The quantitative estimate of drug-likeness (QED) is 0.863. The van der Waals surface area contributed by atoms with E-state index in [0.29, 0.717) is 25.9 Å². The molecule has 0 saturated heterocycles. The smallest absolute Gasteiger partial charge is 0.189 e. The lowest BCUT2D eigenvalue weighted by atomic mass is 10.3. The Balaban J connectivity index is 2.31. The third kappa shape index (κ3) is 2.34. The molecule has 2 rings (SSSR count). The lowest BCUT2D eigenvalue weighted by molar-refractivity contribution is 1.39. The molecular formula is C9H7Cl2N3S. The number of anilines is 3. The van der Waals surface area contributed by atoms with Crippen molar-refractivity contribution < 1.29 is 0 Å². The van der Waals surface area contributed by atoms with Crippen molar-refractivity contribution in [3.05, 3.63) is 34.4 Å². The van der Waals surface area contributed by atoms with E-state index < -0.39 is 0 Å². The summed E-state index contributed by atoms with van der Waals surface area (Å²) in [6.45, 7) is 0. The van der Waals surface area contributed by atoms with Crippen LogP contribution in [0, 0.1) is 0 Å². The average Bonchev–Trinajstić information content (AvgIpc) is 2.58. The van der Waals surface area contributed by atoms with Crippen molar-refractivity contribution in [2.75, 3.05) is 11.1 Å². The van der Waals surface area contributed by atoms with Crippen LogP contribution in [0.1, 0.15) is 0 Å². The first-order chi connectivity index (χ1) is 7.16. The summed E-state index contributed by atoms with van der Waals surface area (Å²) in [5.74, 6) is 0. The highest BCUT2D eigenvalue weighted by Crippen LogP contribution is 2.34. The Morgan fingerprint density at radius 1 is 1.27 bits per heavy atom. The van der Waals surface area contributed by atoms with Crippen LogP contribution in [0.15, 0.2) is 24.4 Å². The monoisotopic (exact) mass is 259 g/mol. The Morgan fingerprint density at radius 3 is 2.47 bits per heavy atom. The van der Waals surface area contributed by atoms with E-state index in [2.05, 4.69) is 10.3 Å². The van der Waals surface area contributed by atoms with E-state index in [9.17, 15) is 0 Å². The van der Waals surface area contributed by atoms with Crippen LogP contribution < -0.4 is 11.1 Å². The van der Waals surface area contributed by atoms with Crippen LogP contribution in [0.4, 0.5) is 15.8 Å². The molecule has 0 radical (unpaired) electrons. The van der Waals surface area contributed by atoms with E-state index in [1.807, 2.05) is 0 Å². The molecule has 0 fully saturated rings. The van der Waals surface area contributed by atoms with Gasteiger partial charge in [-0.25, -0.2) is 4.98 Å². The number of aromatic nitrogens is 1. The molecule has 0 aliphatic rings. The van der Waals surface area contributed by atoms with E-state index in [1.54, 1.807) is 24.4 Å². The highest BCUT2D eigenvalue weighted by molar-refractivity contribution is 7.19. The number of rotatable bonds is 2. The van der Waals surface area contributed by atoms with Gasteiger partial charge in [0.15, 0.2) is 5.13 Å². The third-order valence-corrected chi connectivity index (χ3v) is 3.09. The standard InChI is InChI=1S/C9H7Cl2N3S/c10-5-2-1-3-6(11)8(5)14-9-13-4-7(12)15-9/h1-4H,12H2,(H,13,14). The molecule has 0 aliphatic carbocycles. The molecule has 15 heavy (non-hydrogen) atoms. The van der Waals surface area contributed by atoms with Crippen molar-refractivity contribution in [2.45, 2.75) is 0 Å². The summed E-state index contributed by atoms with van der Waals surface area (Å²) in [6, 6.07) is 5.30. The lowest BCUT2D eigenvalue weighted by Crippen LogP contribution is -1.90. The Labute approximate surface area is 101 Å². The maximum atomic E-state index is 5.98. The number of para-hydroxylation sites is 1. The van der Waals surface area contributed by atoms with Crippen molar-refractivity contribution in [3.8, 4) is 0 Å². The number of benzene rings is 1. The van der Waals surface area contributed by atoms with Crippen molar-refractivity contribution in [2.24, 2.45) is 0 Å². The minimum atomic E-state index is 0.552.